The Kier molecular flexibility index (Phi) is 3.46. The lowest BCUT2D eigenvalue weighted by atomic mass is 10.3. The Labute approximate surface area is 66.5 Å². The molecule has 0 radical (unpaired) electrons. The molecule has 3 heteroatoms. The van der Waals surface area contributed by atoms with Gasteiger partial charge in [0, 0.05) is 11.8 Å². The molecule has 0 unspecified atom stereocenters. The van der Waals surface area contributed by atoms with Gasteiger partial charge in [-0.25, -0.2) is 0 Å². The lowest BCUT2D eigenvalue weighted by molar-refractivity contribution is -0.180. The summed E-state index contributed by atoms with van der Waals surface area (Å²) in [7, 11) is 0. The van der Waals surface area contributed by atoms with E-state index in [1.54, 1.807) is 0 Å². The summed E-state index contributed by atoms with van der Waals surface area (Å²) in [5, 5.41) is 0.142. The maximum atomic E-state index is 5.75. The number of rotatable bonds is 2. The van der Waals surface area contributed by atoms with E-state index in [1.165, 1.54) is 0 Å². The highest BCUT2D eigenvalue weighted by molar-refractivity contribution is 6.20. The molecule has 1 aliphatic rings. The molecule has 0 aromatic carbocycles. The molecule has 0 aromatic rings. The molecule has 0 saturated carbocycles. The third-order valence-corrected chi connectivity index (χ3v) is 1.59. The van der Waals surface area contributed by atoms with Crippen LogP contribution in [0, 0.1) is 0 Å². The van der Waals surface area contributed by atoms with Crippen molar-refractivity contribution in [3.05, 3.63) is 0 Å². The quantitative estimate of drug-likeness (QED) is 0.580. The van der Waals surface area contributed by atoms with Crippen molar-refractivity contribution in [2.45, 2.75) is 31.4 Å². The Morgan fingerprint density at radius 1 is 1.50 bits per heavy atom. The van der Waals surface area contributed by atoms with Crippen LogP contribution in [0.5, 0.6) is 0 Å². The monoisotopic (exact) mass is 164 g/mol. The van der Waals surface area contributed by atoms with Crippen LogP contribution in [0.25, 0.3) is 0 Å². The third-order valence-electron chi connectivity index (χ3n) is 1.41. The highest BCUT2D eigenvalue weighted by atomic mass is 35.5. The normalized spacial score (nSPS) is 24.6. The molecular formula is C7H13ClO2. The van der Waals surface area contributed by atoms with Gasteiger partial charge in [0.15, 0.2) is 6.29 Å². The summed E-state index contributed by atoms with van der Waals surface area (Å²) in [5.74, 6) is 0. The van der Waals surface area contributed by atoms with Gasteiger partial charge in [-0.1, -0.05) is 0 Å². The first-order valence-electron chi connectivity index (χ1n) is 3.66. The number of hydrogen-bond acceptors (Lipinski definition) is 2. The van der Waals surface area contributed by atoms with Crippen LogP contribution in [0.4, 0.5) is 0 Å². The summed E-state index contributed by atoms with van der Waals surface area (Å²) in [6.45, 7) is 3.57. The average Bonchev–Trinajstić information content (AvgIpc) is 1.88. The molecule has 0 amide bonds. The number of hydrogen-bond donors (Lipinski definition) is 0. The Bertz CT molecular complexity index is 89.6. The van der Waals surface area contributed by atoms with Gasteiger partial charge < -0.3 is 9.47 Å². The van der Waals surface area contributed by atoms with Crippen molar-refractivity contribution in [1.29, 1.82) is 0 Å². The summed E-state index contributed by atoms with van der Waals surface area (Å²) < 4.78 is 10.6. The second kappa shape index (κ2) is 4.16. The smallest absolute Gasteiger partial charge is 0.158 e. The zero-order valence-electron chi connectivity index (χ0n) is 6.18. The van der Waals surface area contributed by atoms with Gasteiger partial charge in [0.05, 0.1) is 13.2 Å². The van der Waals surface area contributed by atoms with E-state index in [0.717, 1.165) is 26.1 Å². The Morgan fingerprint density at radius 2 is 2.10 bits per heavy atom. The van der Waals surface area contributed by atoms with Crippen molar-refractivity contribution in [1.82, 2.24) is 0 Å². The van der Waals surface area contributed by atoms with Crippen molar-refractivity contribution in [3.63, 3.8) is 0 Å². The van der Waals surface area contributed by atoms with Crippen molar-refractivity contribution in [2.24, 2.45) is 0 Å². The maximum Gasteiger partial charge on any atom is 0.158 e. The summed E-state index contributed by atoms with van der Waals surface area (Å²) in [6.07, 6.45) is 1.75. The fourth-order valence-corrected chi connectivity index (χ4v) is 1.08. The summed E-state index contributed by atoms with van der Waals surface area (Å²) in [6, 6.07) is 0. The van der Waals surface area contributed by atoms with Crippen LogP contribution in [0.15, 0.2) is 0 Å². The van der Waals surface area contributed by atoms with E-state index in [-0.39, 0.29) is 11.7 Å². The summed E-state index contributed by atoms with van der Waals surface area (Å²) in [4.78, 5) is 0. The van der Waals surface area contributed by atoms with E-state index < -0.39 is 0 Å². The lowest BCUT2D eigenvalue weighted by Gasteiger charge is -2.23. The summed E-state index contributed by atoms with van der Waals surface area (Å²) >= 11 is 5.75. The SMILES string of the molecule is C[C@@H](Cl)CC1OCCCO1. The minimum atomic E-state index is -0.0544. The van der Waals surface area contributed by atoms with Crippen molar-refractivity contribution in [3.8, 4) is 0 Å². The minimum absolute atomic E-state index is 0.0544. The van der Waals surface area contributed by atoms with Crippen molar-refractivity contribution >= 4 is 11.6 Å². The largest absolute Gasteiger partial charge is 0.353 e. The molecule has 1 atom stereocenters. The highest BCUT2D eigenvalue weighted by Crippen LogP contribution is 2.13. The van der Waals surface area contributed by atoms with Gasteiger partial charge >= 0.3 is 0 Å². The topological polar surface area (TPSA) is 18.5 Å². The molecule has 1 fully saturated rings. The third kappa shape index (κ3) is 2.86. The average molecular weight is 165 g/mol. The Hall–Kier alpha value is 0.210. The van der Waals surface area contributed by atoms with Gasteiger partial charge in [-0.15, -0.1) is 11.6 Å². The first kappa shape index (κ1) is 8.31. The van der Waals surface area contributed by atoms with Gasteiger partial charge in [-0.2, -0.15) is 0 Å². The molecule has 1 heterocycles. The van der Waals surface area contributed by atoms with Gasteiger partial charge in [-0.3, -0.25) is 0 Å². The van der Waals surface area contributed by atoms with Crippen LogP contribution in [-0.2, 0) is 9.47 Å². The molecule has 60 valence electrons. The van der Waals surface area contributed by atoms with E-state index in [1.807, 2.05) is 6.92 Å². The molecule has 1 rings (SSSR count). The molecule has 0 aliphatic carbocycles. The Morgan fingerprint density at radius 3 is 2.60 bits per heavy atom. The molecule has 10 heavy (non-hydrogen) atoms. The fraction of sp³-hybridized carbons (Fsp3) is 1.00. The molecule has 0 bridgehead atoms. The molecule has 1 saturated heterocycles. The zero-order valence-corrected chi connectivity index (χ0v) is 6.93. The molecule has 0 aromatic heterocycles. The molecule has 0 N–H and O–H groups in total. The van der Waals surface area contributed by atoms with Gasteiger partial charge in [-0.05, 0) is 13.3 Å². The van der Waals surface area contributed by atoms with E-state index >= 15 is 0 Å². The standard InChI is InChI=1S/C7H13ClO2/c1-6(8)5-7-9-3-2-4-10-7/h6-7H,2-5H2,1H3/t6-/m1/s1. The van der Waals surface area contributed by atoms with Crippen LogP contribution in [0.2, 0.25) is 0 Å². The molecule has 2 nitrogen and oxygen atoms in total. The number of alkyl halides is 1. The second-order valence-corrected chi connectivity index (χ2v) is 3.29. The molecular weight excluding hydrogens is 152 g/mol. The van der Waals surface area contributed by atoms with E-state index in [4.69, 9.17) is 21.1 Å². The Balaban J connectivity index is 2.13. The van der Waals surface area contributed by atoms with Crippen molar-refractivity contribution in [2.75, 3.05) is 13.2 Å². The van der Waals surface area contributed by atoms with Crippen LogP contribution in [0.1, 0.15) is 19.8 Å². The number of halogens is 1. The van der Waals surface area contributed by atoms with E-state index in [0.29, 0.717) is 0 Å². The fourth-order valence-electron chi connectivity index (χ4n) is 0.938. The zero-order chi connectivity index (χ0) is 7.40. The predicted octanol–water partition coefficient (Wildman–Crippen LogP) is 1.77. The van der Waals surface area contributed by atoms with Crippen LogP contribution < -0.4 is 0 Å². The van der Waals surface area contributed by atoms with E-state index in [2.05, 4.69) is 0 Å². The minimum Gasteiger partial charge on any atom is -0.353 e. The summed E-state index contributed by atoms with van der Waals surface area (Å²) in [5.41, 5.74) is 0. The molecule has 0 spiro atoms. The predicted molar refractivity (Wildman–Crippen MR) is 40.2 cm³/mol. The van der Waals surface area contributed by atoms with Gasteiger partial charge in [0.25, 0.3) is 0 Å². The van der Waals surface area contributed by atoms with Gasteiger partial charge in [0.2, 0.25) is 0 Å². The first-order valence-corrected chi connectivity index (χ1v) is 4.10. The van der Waals surface area contributed by atoms with E-state index in [9.17, 15) is 0 Å². The highest BCUT2D eigenvalue weighted by Gasteiger charge is 2.15. The lowest BCUT2D eigenvalue weighted by Crippen LogP contribution is -2.26. The number of ether oxygens (including phenoxy) is 2. The second-order valence-electron chi connectivity index (χ2n) is 2.54. The van der Waals surface area contributed by atoms with Crippen LogP contribution >= 0.6 is 11.6 Å². The maximum absolute atomic E-state index is 5.75. The first-order chi connectivity index (χ1) is 4.79. The molecule has 1 aliphatic heterocycles. The van der Waals surface area contributed by atoms with Gasteiger partial charge in [0.1, 0.15) is 0 Å². The van der Waals surface area contributed by atoms with Crippen LogP contribution in [0.3, 0.4) is 0 Å². The van der Waals surface area contributed by atoms with Crippen molar-refractivity contribution < 1.29 is 9.47 Å². The van der Waals surface area contributed by atoms with Crippen LogP contribution in [-0.4, -0.2) is 24.9 Å².